The number of nitrogens with one attached hydrogen (secondary N) is 1. The molecule has 1 rings (SSSR count). The lowest BCUT2D eigenvalue weighted by Gasteiger charge is -2.31. The van der Waals surface area contributed by atoms with Gasteiger partial charge in [0.05, 0.1) is 17.7 Å². The molecule has 1 heterocycles. The quantitative estimate of drug-likeness (QED) is 0.774. The van der Waals surface area contributed by atoms with E-state index in [1.54, 1.807) is 0 Å². The second kappa shape index (κ2) is 7.77. The highest BCUT2D eigenvalue weighted by Crippen LogP contribution is 2.17. The molecule has 0 aliphatic rings. The van der Waals surface area contributed by atoms with Crippen molar-refractivity contribution in [2.24, 2.45) is 11.7 Å². The van der Waals surface area contributed by atoms with Crippen LogP contribution in [0.1, 0.15) is 57.5 Å². The van der Waals surface area contributed by atoms with E-state index in [1.165, 1.54) is 0 Å². The maximum Gasteiger partial charge on any atom is 0.225 e. The molecular weight excluding hydrogens is 276 g/mol. The number of nitrogens with zero attached hydrogens (tertiary/aromatic N) is 2. The average Bonchev–Trinajstić information content (AvgIpc) is 2.72. The summed E-state index contributed by atoms with van der Waals surface area (Å²) in [6.45, 7) is 13.8. The van der Waals surface area contributed by atoms with Gasteiger partial charge in [0, 0.05) is 24.3 Å². The third-order valence-electron chi connectivity index (χ3n) is 4.56. The smallest absolute Gasteiger partial charge is 0.225 e. The minimum absolute atomic E-state index is 0.0319. The monoisotopic (exact) mass is 308 g/mol. The predicted molar refractivity (Wildman–Crippen MR) is 90.8 cm³/mol. The first kappa shape index (κ1) is 18.7. The lowest BCUT2D eigenvalue weighted by Crippen LogP contribution is -2.53. The molecule has 0 atom stereocenters. The molecule has 0 aliphatic carbocycles. The van der Waals surface area contributed by atoms with E-state index in [-0.39, 0.29) is 11.4 Å². The Balaban J connectivity index is 2.87. The molecule has 126 valence electrons. The molecule has 1 amide bonds. The Morgan fingerprint density at radius 3 is 2.36 bits per heavy atom. The van der Waals surface area contributed by atoms with Crippen molar-refractivity contribution in [3.63, 3.8) is 0 Å². The third-order valence-corrected chi connectivity index (χ3v) is 4.56. The van der Waals surface area contributed by atoms with Crippen molar-refractivity contribution in [3.05, 3.63) is 17.0 Å². The van der Waals surface area contributed by atoms with Crippen LogP contribution in [0.3, 0.4) is 0 Å². The minimum atomic E-state index is -0.285. The van der Waals surface area contributed by atoms with Gasteiger partial charge in [0.2, 0.25) is 5.91 Å². The second-order valence-electron chi connectivity index (χ2n) is 6.64. The van der Waals surface area contributed by atoms with Gasteiger partial charge in [-0.1, -0.05) is 27.7 Å². The van der Waals surface area contributed by atoms with Crippen LogP contribution in [0.15, 0.2) is 0 Å². The van der Waals surface area contributed by atoms with E-state index in [0.29, 0.717) is 18.9 Å². The van der Waals surface area contributed by atoms with Crippen molar-refractivity contribution >= 4 is 5.91 Å². The molecule has 0 saturated carbocycles. The SMILES string of the molecule is CCC(CC)(CN)NC(=O)Cc1c(C)nn(CC(C)C)c1C. The number of aryl methyl sites for hydroxylation is 1. The van der Waals surface area contributed by atoms with E-state index in [1.807, 2.05) is 18.5 Å². The van der Waals surface area contributed by atoms with Gasteiger partial charge >= 0.3 is 0 Å². The summed E-state index contributed by atoms with van der Waals surface area (Å²) in [5, 5.41) is 7.70. The predicted octanol–water partition coefficient (Wildman–Crippen LogP) is 2.33. The van der Waals surface area contributed by atoms with Crippen LogP contribution in [-0.2, 0) is 17.8 Å². The van der Waals surface area contributed by atoms with Crippen LogP contribution in [0.4, 0.5) is 0 Å². The summed E-state index contributed by atoms with van der Waals surface area (Å²) in [4.78, 5) is 12.4. The molecule has 0 bridgehead atoms. The highest BCUT2D eigenvalue weighted by Gasteiger charge is 2.27. The van der Waals surface area contributed by atoms with E-state index >= 15 is 0 Å². The van der Waals surface area contributed by atoms with Crippen molar-refractivity contribution in [1.82, 2.24) is 15.1 Å². The molecule has 3 N–H and O–H groups in total. The van der Waals surface area contributed by atoms with Crippen LogP contribution in [0.5, 0.6) is 0 Å². The van der Waals surface area contributed by atoms with Crippen LogP contribution in [0, 0.1) is 19.8 Å². The van der Waals surface area contributed by atoms with Gasteiger partial charge in [-0.2, -0.15) is 5.10 Å². The number of amides is 1. The average molecular weight is 308 g/mol. The molecule has 0 aromatic carbocycles. The zero-order valence-electron chi connectivity index (χ0n) is 15.0. The Labute approximate surface area is 134 Å². The Kier molecular flexibility index (Phi) is 6.60. The Morgan fingerprint density at radius 1 is 1.32 bits per heavy atom. The van der Waals surface area contributed by atoms with Gasteiger partial charge in [0.25, 0.3) is 0 Å². The first-order chi connectivity index (χ1) is 10.3. The molecule has 5 nitrogen and oxygen atoms in total. The number of hydrogen-bond donors (Lipinski definition) is 2. The zero-order valence-corrected chi connectivity index (χ0v) is 15.0. The van der Waals surface area contributed by atoms with Crippen molar-refractivity contribution in [1.29, 1.82) is 0 Å². The van der Waals surface area contributed by atoms with Crippen molar-refractivity contribution < 1.29 is 4.79 Å². The van der Waals surface area contributed by atoms with Crippen LogP contribution >= 0.6 is 0 Å². The standard InChI is InChI=1S/C17H32N4O/c1-7-17(8-2,11-18)19-16(22)9-15-13(5)20-21(14(15)6)10-12(3)4/h12H,7-11,18H2,1-6H3,(H,19,22). The lowest BCUT2D eigenvalue weighted by atomic mass is 9.92. The minimum Gasteiger partial charge on any atom is -0.349 e. The van der Waals surface area contributed by atoms with E-state index in [4.69, 9.17) is 5.73 Å². The molecule has 0 saturated heterocycles. The molecule has 0 spiro atoms. The Morgan fingerprint density at radius 2 is 1.91 bits per heavy atom. The number of carbonyl (C=O) groups excluding carboxylic acids is 1. The Hall–Kier alpha value is -1.36. The van der Waals surface area contributed by atoms with E-state index in [0.717, 1.165) is 36.3 Å². The van der Waals surface area contributed by atoms with E-state index < -0.39 is 0 Å². The summed E-state index contributed by atoms with van der Waals surface area (Å²) in [6.07, 6.45) is 2.06. The van der Waals surface area contributed by atoms with Crippen molar-refractivity contribution in [2.45, 2.75) is 72.9 Å². The zero-order chi connectivity index (χ0) is 16.9. The van der Waals surface area contributed by atoms with E-state index in [2.05, 4.69) is 38.1 Å². The van der Waals surface area contributed by atoms with Crippen LogP contribution in [-0.4, -0.2) is 27.8 Å². The number of hydrogen-bond acceptors (Lipinski definition) is 3. The van der Waals surface area contributed by atoms with Crippen molar-refractivity contribution in [3.8, 4) is 0 Å². The normalized spacial score (nSPS) is 12.0. The number of rotatable bonds is 8. The topological polar surface area (TPSA) is 72.9 Å². The molecule has 22 heavy (non-hydrogen) atoms. The molecule has 0 aliphatic heterocycles. The molecule has 0 fully saturated rings. The fraction of sp³-hybridized carbons (Fsp3) is 0.765. The lowest BCUT2D eigenvalue weighted by molar-refractivity contribution is -0.122. The van der Waals surface area contributed by atoms with Crippen LogP contribution < -0.4 is 11.1 Å². The number of aromatic nitrogens is 2. The molecule has 5 heteroatoms. The van der Waals surface area contributed by atoms with Gasteiger partial charge in [0.15, 0.2) is 0 Å². The van der Waals surface area contributed by atoms with Crippen LogP contribution in [0.25, 0.3) is 0 Å². The van der Waals surface area contributed by atoms with Crippen molar-refractivity contribution in [2.75, 3.05) is 6.54 Å². The fourth-order valence-electron chi connectivity index (χ4n) is 2.78. The fourth-order valence-corrected chi connectivity index (χ4v) is 2.78. The van der Waals surface area contributed by atoms with Gasteiger partial charge in [-0.05, 0) is 32.6 Å². The summed E-state index contributed by atoms with van der Waals surface area (Å²) in [5.41, 5.74) is 8.65. The summed E-state index contributed by atoms with van der Waals surface area (Å²) in [7, 11) is 0. The Bertz CT molecular complexity index is 493. The number of nitrogens with two attached hydrogens (primary N) is 1. The summed E-state index contributed by atoms with van der Waals surface area (Å²) >= 11 is 0. The first-order valence-electron chi connectivity index (χ1n) is 8.32. The summed E-state index contributed by atoms with van der Waals surface area (Å²) < 4.78 is 2.01. The molecule has 0 radical (unpaired) electrons. The van der Waals surface area contributed by atoms with Gasteiger partial charge in [0.1, 0.15) is 0 Å². The maximum absolute atomic E-state index is 12.4. The molecule has 1 aromatic rings. The summed E-state index contributed by atoms with van der Waals surface area (Å²) in [5.74, 6) is 0.564. The molecule has 0 unspecified atom stereocenters. The summed E-state index contributed by atoms with van der Waals surface area (Å²) in [6, 6.07) is 0. The second-order valence-corrected chi connectivity index (χ2v) is 6.64. The highest BCUT2D eigenvalue weighted by molar-refractivity contribution is 5.80. The maximum atomic E-state index is 12.4. The van der Waals surface area contributed by atoms with Gasteiger partial charge in [-0.3, -0.25) is 9.48 Å². The third kappa shape index (κ3) is 4.32. The molecular formula is C17H32N4O. The van der Waals surface area contributed by atoms with E-state index in [9.17, 15) is 4.79 Å². The highest BCUT2D eigenvalue weighted by atomic mass is 16.1. The number of carbonyl (C=O) groups is 1. The largest absolute Gasteiger partial charge is 0.349 e. The van der Waals surface area contributed by atoms with Gasteiger partial charge in [-0.25, -0.2) is 0 Å². The van der Waals surface area contributed by atoms with Gasteiger partial charge in [-0.15, -0.1) is 0 Å². The molecule has 1 aromatic heterocycles. The van der Waals surface area contributed by atoms with Gasteiger partial charge < -0.3 is 11.1 Å². The first-order valence-corrected chi connectivity index (χ1v) is 8.32. The van der Waals surface area contributed by atoms with Crippen LogP contribution in [0.2, 0.25) is 0 Å².